The van der Waals surface area contributed by atoms with Crippen LogP contribution in [0.2, 0.25) is 0 Å². The summed E-state index contributed by atoms with van der Waals surface area (Å²) in [5, 5.41) is 0. The molecule has 1 saturated heterocycles. The van der Waals surface area contributed by atoms with Crippen LogP contribution in [0.15, 0.2) is 22.7 Å². The third-order valence-electron chi connectivity index (χ3n) is 2.91. The standard InChI is InChI=1S/C11H14BrFN2O/c12-8-1-2-10(13)9(5-8)11(15-14)7-3-4-16-6-7/h1-2,5,7,11,15H,3-4,6,14H2. The van der Waals surface area contributed by atoms with E-state index in [4.69, 9.17) is 10.6 Å². The van der Waals surface area contributed by atoms with Gasteiger partial charge in [0, 0.05) is 22.6 Å². The maximum atomic E-state index is 13.7. The Balaban J connectivity index is 2.28. The van der Waals surface area contributed by atoms with Crippen molar-refractivity contribution in [2.24, 2.45) is 11.8 Å². The predicted molar refractivity (Wildman–Crippen MR) is 63.1 cm³/mol. The first-order chi connectivity index (χ1) is 7.72. The van der Waals surface area contributed by atoms with Gasteiger partial charge in [0.05, 0.1) is 12.6 Å². The first-order valence-electron chi connectivity index (χ1n) is 5.21. The molecule has 0 spiro atoms. The molecule has 2 atom stereocenters. The number of nitrogens with two attached hydrogens (primary N) is 1. The second-order valence-corrected chi connectivity index (χ2v) is 4.85. The Hall–Kier alpha value is -0.490. The lowest BCUT2D eigenvalue weighted by Crippen LogP contribution is -2.34. The molecule has 0 amide bonds. The molecule has 3 N–H and O–H groups in total. The number of hydrazine groups is 1. The van der Waals surface area contributed by atoms with Gasteiger partial charge in [-0.2, -0.15) is 0 Å². The SMILES string of the molecule is NNC(c1cc(Br)ccc1F)C1CCOC1. The highest BCUT2D eigenvalue weighted by Gasteiger charge is 2.28. The number of halogens is 2. The van der Waals surface area contributed by atoms with Gasteiger partial charge in [-0.15, -0.1) is 0 Å². The van der Waals surface area contributed by atoms with Crippen molar-refractivity contribution < 1.29 is 9.13 Å². The van der Waals surface area contributed by atoms with Crippen LogP contribution >= 0.6 is 15.9 Å². The summed E-state index contributed by atoms with van der Waals surface area (Å²) in [5.74, 6) is 5.51. The first kappa shape index (κ1) is 12.0. The molecule has 1 aromatic carbocycles. The number of hydrogen-bond acceptors (Lipinski definition) is 3. The fourth-order valence-electron chi connectivity index (χ4n) is 2.05. The summed E-state index contributed by atoms with van der Waals surface area (Å²) >= 11 is 3.34. The Morgan fingerprint density at radius 1 is 1.56 bits per heavy atom. The third-order valence-corrected chi connectivity index (χ3v) is 3.40. The largest absolute Gasteiger partial charge is 0.381 e. The van der Waals surface area contributed by atoms with E-state index < -0.39 is 0 Å². The Morgan fingerprint density at radius 2 is 2.38 bits per heavy atom. The zero-order valence-corrected chi connectivity index (χ0v) is 10.3. The highest BCUT2D eigenvalue weighted by Crippen LogP contribution is 2.31. The van der Waals surface area contributed by atoms with Crippen LogP contribution in [0.4, 0.5) is 4.39 Å². The predicted octanol–water partition coefficient (Wildman–Crippen LogP) is 2.13. The number of nitrogens with one attached hydrogen (secondary N) is 1. The van der Waals surface area contributed by atoms with E-state index in [0.29, 0.717) is 12.2 Å². The van der Waals surface area contributed by atoms with Gasteiger partial charge in [0.1, 0.15) is 5.82 Å². The highest BCUT2D eigenvalue weighted by molar-refractivity contribution is 9.10. The van der Waals surface area contributed by atoms with E-state index in [-0.39, 0.29) is 17.8 Å². The third kappa shape index (κ3) is 2.43. The minimum atomic E-state index is -0.238. The molecule has 0 radical (unpaired) electrons. The van der Waals surface area contributed by atoms with Crippen molar-refractivity contribution in [3.63, 3.8) is 0 Å². The Kier molecular flexibility index (Phi) is 3.91. The lowest BCUT2D eigenvalue weighted by Gasteiger charge is -2.22. The zero-order chi connectivity index (χ0) is 11.5. The molecule has 0 aliphatic carbocycles. The zero-order valence-electron chi connectivity index (χ0n) is 8.75. The monoisotopic (exact) mass is 288 g/mol. The molecule has 2 unspecified atom stereocenters. The van der Waals surface area contributed by atoms with Gasteiger partial charge in [-0.1, -0.05) is 15.9 Å². The summed E-state index contributed by atoms with van der Waals surface area (Å²) in [6.45, 7) is 1.35. The van der Waals surface area contributed by atoms with Gasteiger partial charge in [0.25, 0.3) is 0 Å². The first-order valence-corrected chi connectivity index (χ1v) is 6.00. The lowest BCUT2D eigenvalue weighted by molar-refractivity contribution is 0.176. The van der Waals surface area contributed by atoms with Gasteiger partial charge in [-0.05, 0) is 24.6 Å². The fraction of sp³-hybridized carbons (Fsp3) is 0.455. The smallest absolute Gasteiger partial charge is 0.128 e. The maximum Gasteiger partial charge on any atom is 0.128 e. The van der Waals surface area contributed by atoms with Crippen molar-refractivity contribution in [3.8, 4) is 0 Å². The van der Waals surface area contributed by atoms with Gasteiger partial charge < -0.3 is 4.74 Å². The molecule has 3 nitrogen and oxygen atoms in total. The van der Waals surface area contributed by atoms with Gasteiger partial charge >= 0.3 is 0 Å². The molecule has 0 saturated carbocycles. The molecule has 0 aromatic heterocycles. The number of hydrogen-bond donors (Lipinski definition) is 2. The van der Waals surface area contributed by atoms with Crippen LogP contribution in [-0.4, -0.2) is 13.2 Å². The quantitative estimate of drug-likeness (QED) is 0.662. The summed E-state index contributed by atoms with van der Waals surface area (Å²) < 4.78 is 19.9. The van der Waals surface area contributed by atoms with Crippen molar-refractivity contribution in [3.05, 3.63) is 34.1 Å². The van der Waals surface area contributed by atoms with Gasteiger partial charge in [-0.3, -0.25) is 11.3 Å². The summed E-state index contributed by atoms with van der Waals surface area (Å²) in [6, 6.07) is 4.69. The minimum absolute atomic E-state index is 0.194. The van der Waals surface area contributed by atoms with E-state index in [9.17, 15) is 4.39 Å². The summed E-state index contributed by atoms with van der Waals surface area (Å²) in [6.07, 6.45) is 0.904. The van der Waals surface area contributed by atoms with E-state index in [1.54, 1.807) is 12.1 Å². The molecule has 16 heavy (non-hydrogen) atoms. The fourth-order valence-corrected chi connectivity index (χ4v) is 2.43. The molecular formula is C11H14BrFN2O. The van der Waals surface area contributed by atoms with Crippen LogP contribution in [0, 0.1) is 11.7 Å². The van der Waals surface area contributed by atoms with E-state index in [0.717, 1.165) is 17.5 Å². The number of rotatable bonds is 3. The Labute approximate surface area is 102 Å². The Morgan fingerprint density at radius 3 is 3.00 bits per heavy atom. The van der Waals surface area contributed by atoms with Crippen LogP contribution in [-0.2, 0) is 4.74 Å². The van der Waals surface area contributed by atoms with Crippen LogP contribution in [0.5, 0.6) is 0 Å². The molecule has 2 rings (SSSR count). The normalized spacial score (nSPS) is 22.3. The van der Waals surface area contributed by atoms with Crippen LogP contribution < -0.4 is 11.3 Å². The summed E-state index contributed by atoms with van der Waals surface area (Å²) in [4.78, 5) is 0. The van der Waals surface area contributed by atoms with Gasteiger partial charge in [0.15, 0.2) is 0 Å². The Bertz CT molecular complexity index is 369. The van der Waals surface area contributed by atoms with Crippen molar-refractivity contribution in [1.82, 2.24) is 5.43 Å². The molecule has 1 heterocycles. The molecular weight excluding hydrogens is 275 g/mol. The van der Waals surface area contributed by atoms with Crippen molar-refractivity contribution in [1.29, 1.82) is 0 Å². The topological polar surface area (TPSA) is 47.3 Å². The van der Waals surface area contributed by atoms with E-state index in [1.807, 2.05) is 0 Å². The lowest BCUT2D eigenvalue weighted by atomic mass is 9.92. The van der Waals surface area contributed by atoms with Crippen molar-refractivity contribution in [2.45, 2.75) is 12.5 Å². The molecule has 1 fully saturated rings. The highest BCUT2D eigenvalue weighted by atomic mass is 79.9. The second kappa shape index (κ2) is 5.23. The van der Waals surface area contributed by atoms with Crippen molar-refractivity contribution in [2.75, 3.05) is 13.2 Å². The molecule has 88 valence electrons. The number of benzene rings is 1. The van der Waals surface area contributed by atoms with E-state index >= 15 is 0 Å². The van der Waals surface area contributed by atoms with Gasteiger partial charge in [-0.25, -0.2) is 4.39 Å². The molecule has 5 heteroatoms. The summed E-state index contributed by atoms with van der Waals surface area (Å²) in [7, 11) is 0. The second-order valence-electron chi connectivity index (χ2n) is 3.93. The molecule has 1 aromatic rings. The van der Waals surface area contributed by atoms with E-state index in [2.05, 4.69) is 21.4 Å². The van der Waals surface area contributed by atoms with Crippen LogP contribution in [0.1, 0.15) is 18.0 Å². The molecule has 1 aliphatic rings. The van der Waals surface area contributed by atoms with Crippen LogP contribution in [0.3, 0.4) is 0 Å². The average molecular weight is 289 g/mol. The maximum absolute atomic E-state index is 13.7. The molecule has 1 aliphatic heterocycles. The molecule has 0 bridgehead atoms. The minimum Gasteiger partial charge on any atom is -0.381 e. The summed E-state index contributed by atoms with van der Waals surface area (Å²) in [5.41, 5.74) is 3.28. The van der Waals surface area contributed by atoms with Gasteiger partial charge in [0.2, 0.25) is 0 Å². The van der Waals surface area contributed by atoms with Crippen molar-refractivity contribution >= 4 is 15.9 Å². The number of ether oxygens (including phenoxy) is 1. The van der Waals surface area contributed by atoms with E-state index in [1.165, 1.54) is 6.07 Å². The average Bonchev–Trinajstić information content (AvgIpc) is 2.78. The van der Waals surface area contributed by atoms with Crippen LogP contribution in [0.25, 0.3) is 0 Å².